The van der Waals surface area contributed by atoms with Crippen LogP contribution >= 0.6 is 0 Å². The van der Waals surface area contributed by atoms with E-state index in [1.54, 1.807) is 35.0 Å². The Morgan fingerprint density at radius 2 is 1.76 bits per heavy atom. The summed E-state index contributed by atoms with van der Waals surface area (Å²) in [4.78, 5) is 13.1. The van der Waals surface area contributed by atoms with E-state index in [0.29, 0.717) is 53.3 Å². The molecule has 0 unspecified atom stereocenters. The molecule has 1 aliphatic rings. The minimum Gasteiger partial charge on any atom is -0.432 e. The van der Waals surface area contributed by atoms with Crippen molar-refractivity contribution in [1.82, 2.24) is 23.7 Å². The van der Waals surface area contributed by atoms with Crippen molar-refractivity contribution in [1.29, 1.82) is 0 Å². The summed E-state index contributed by atoms with van der Waals surface area (Å²) in [6.45, 7) is 0.228. The fourth-order valence-electron chi connectivity index (χ4n) is 4.80. The number of alkyl halides is 3. The summed E-state index contributed by atoms with van der Waals surface area (Å²) >= 11 is 0. The van der Waals surface area contributed by atoms with Gasteiger partial charge in [0, 0.05) is 37.1 Å². The Balaban J connectivity index is 1.19. The molecule has 4 heterocycles. The highest BCUT2D eigenvalue weighted by Gasteiger charge is 2.34. The molecule has 0 atom stereocenters. The molecule has 1 N–H and O–H groups in total. The Hall–Kier alpha value is -4.30. The number of sulfonamides is 1. The van der Waals surface area contributed by atoms with Gasteiger partial charge in [-0.15, -0.1) is 0 Å². The molecule has 1 fully saturated rings. The molecule has 3 aromatic heterocycles. The standard InChI is InChI=1S/C27H22F4N6O3S/c28-19-6-4-17(5-7-19)23-24(37-14-15-40-26(37)35-23)22-8-11-32-25(34-22)33-20-9-12-36(13-10-20)41(38,39)21-3-1-2-18(16-21)27(29,30)31/h1-8,11,14-16,20H,9-10,12-13H2,(H,32,33,34). The van der Waals surface area contributed by atoms with Crippen LogP contribution < -0.4 is 5.32 Å². The van der Waals surface area contributed by atoms with E-state index >= 15 is 0 Å². The van der Waals surface area contributed by atoms with Crippen molar-refractivity contribution in [3.05, 3.63) is 84.6 Å². The van der Waals surface area contributed by atoms with Gasteiger partial charge in [0.15, 0.2) is 0 Å². The highest BCUT2D eigenvalue weighted by atomic mass is 32.2. The van der Waals surface area contributed by atoms with Crippen molar-refractivity contribution in [2.24, 2.45) is 0 Å². The summed E-state index contributed by atoms with van der Waals surface area (Å²) in [5.74, 6) is 0.271. The lowest BCUT2D eigenvalue weighted by atomic mass is 10.1. The highest BCUT2D eigenvalue weighted by molar-refractivity contribution is 7.89. The zero-order valence-electron chi connectivity index (χ0n) is 21.2. The summed E-state index contributed by atoms with van der Waals surface area (Å²) in [6.07, 6.45) is 0.904. The quantitative estimate of drug-likeness (QED) is 0.263. The zero-order chi connectivity index (χ0) is 28.8. The number of piperidine rings is 1. The number of imidazole rings is 1. The lowest BCUT2D eigenvalue weighted by Gasteiger charge is -2.31. The third-order valence-corrected chi connectivity index (χ3v) is 8.76. The monoisotopic (exact) mass is 586 g/mol. The minimum atomic E-state index is -4.64. The Labute approximate surface area is 231 Å². The van der Waals surface area contributed by atoms with E-state index in [9.17, 15) is 26.0 Å². The van der Waals surface area contributed by atoms with Crippen LogP contribution in [0.3, 0.4) is 0 Å². The number of anilines is 1. The van der Waals surface area contributed by atoms with Crippen molar-refractivity contribution < 1.29 is 30.4 Å². The average molecular weight is 587 g/mol. The summed E-state index contributed by atoms with van der Waals surface area (Å²) in [5.41, 5.74) is 1.35. The maximum atomic E-state index is 13.5. The number of oxazole rings is 1. The number of hydrogen-bond donors (Lipinski definition) is 1. The van der Waals surface area contributed by atoms with Crippen LogP contribution in [0.5, 0.6) is 0 Å². The van der Waals surface area contributed by atoms with E-state index in [1.807, 2.05) is 0 Å². The van der Waals surface area contributed by atoms with Crippen molar-refractivity contribution in [2.75, 3.05) is 18.4 Å². The molecule has 2 aromatic carbocycles. The molecule has 14 heteroatoms. The van der Waals surface area contributed by atoms with Crippen LogP contribution in [-0.2, 0) is 16.2 Å². The molecule has 0 spiro atoms. The van der Waals surface area contributed by atoms with Crippen molar-refractivity contribution >= 4 is 21.8 Å². The molecule has 0 radical (unpaired) electrons. The fraction of sp³-hybridized carbons (Fsp3) is 0.222. The highest BCUT2D eigenvalue weighted by Crippen LogP contribution is 2.34. The lowest BCUT2D eigenvalue weighted by Crippen LogP contribution is -2.42. The summed E-state index contributed by atoms with van der Waals surface area (Å²) < 4.78 is 87.3. The van der Waals surface area contributed by atoms with E-state index in [-0.39, 0.29) is 24.9 Å². The molecule has 5 aromatic rings. The van der Waals surface area contributed by atoms with E-state index in [1.165, 1.54) is 28.8 Å². The molecular weight excluding hydrogens is 564 g/mol. The van der Waals surface area contributed by atoms with Gasteiger partial charge in [0.05, 0.1) is 16.2 Å². The number of nitrogens with zero attached hydrogens (tertiary/aromatic N) is 5. The number of nitrogens with one attached hydrogen (secondary N) is 1. The first-order valence-electron chi connectivity index (χ1n) is 12.6. The topological polar surface area (TPSA) is 106 Å². The molecule has 212 valence electrons. The lowest BCUT2D eigenvalue weighted by molar-refractivity contribution is -0.137. The van der Waals surface area contributed by atoms with Gasteiger partial charge in [-0.3, -0.25) is 4.40 Å². The van der Waals surface area contributed by atoms with Gasteiger partial charge in [-0.05, 0) is 61.4 Å². The maximum absolute atomic E-state index is 13.5. The fourth-order valence-corrected chi connectivity index (χ4v) is 6.32. The summed E-state index contributed by atoms with van der Waals surface area (Å²) in [7, 11) is -4.09. The minimum absolute atomic E-state index is 0.114. The van der Waals surface area contributed by atoms with Gasteiger partial charge in [-0.2, -0.15) is 22.5 Å². The molecule has 0 bridgehead atoms. The number of fused-ring (bicyclic) bond motifs is 1. The van der Waals surface area contributed by atoms with Crippen LogP contribution in [0.1, 0.15) is 18.4 Å². The Morgan fingerprint density at radius 1 is 1.00 bits per heavy atom. The predicted octanol–water partition coefficient (Wildman–Crippen LogP) is 5.47. The number of benzene rings is 2. The van der Waals surface area contributed by atoms with Crippen molar-refractivity contribution in [3.8, 4) is 22.6 Å². The number of aromatic nitrogens is 4. The first kappa shape index (κ1) is 26.9. The van der Waals surface area contributed by atoms with Gasteiger partial charge in [-0.1, -0.05) is 6.07 Å². The molecule has 41 heavy (non-hydrogen) atoms. The Kier molecular flexibility index (Phi) is 6.74. The second kappa shape index (κ2) is 10.3. The van der Waals surface area contributed by atoms with Crippen LogP contribution in [-0.4, -0.2) is 51.2 Å². The molecule has 1 saturated heterocycles. The van der Waals surface area contributed by atoms with E-state index in [2.05, 4.69) is 20.3 Å². The van der Waals surface area contributed by atoms with Crippen LogP contribution in [0.4, 0.5) is 23.5 Å². The summed E-state index contributed by atoms with van der Waals surface area (Å²) in [6, 6.07) is 11.2. The first-order chi connectivity index (χ1) is 19.6. The molecule has 0 aliphatic carbocycles. The third kappa shape index (κ3) is 5.27. The van der Waals surface area contributed by atoms with Crippen LogP contribution in [0.15, 0.2) is 82.6 Å². The molecule has 6 rings (SSSR count). The van der Waals surface area contributed by atoms with E-state index in [4.69, 9.17) is 4.42 Å². The van der Waals surface area contributed by atoms with E-state index in [0.717, 1.165) is 12.1 Å². The Morgan fingerprint density at radius 3 is 2.49 bits per heavy atom. The van der Waals surface area contributed by atoms with Crippen LogP contribution in [0, 0.1) is 5.82 Å². The summed E-state index contributed by atoms with van der Waals surface area (Å²) in [5, 5.41) is 3.24. The smallest absolute Gasteiger partial charge is 0.416 e. The molecule has 0 amide bonds. The van der Waals surface area contributed by atoms with Crippen LogP contribution in [0.25, 0.3) is 28.5 Å². The van der Waals surface area contributed by atoms with E-state index < -0.39 is 26.7 Å². The van der Waals surface area contributed by atoms with Crippen molar-refractivity contribution in [2.45, 2.75) is 30.0 Å². The predicted molar refractivity (Wildman–Crippen MR) is 141 cm³/mol. The van der Waals surface area contributed by atoms with Gasteiger partial charge in [0.2, 0.25) is 16.0 Å². The third-order valence-electron chi connectivity index (χ3n) is 6.86. The van der Waals surface area contributed by atoms with Gasteiger partial charge in [0.1, 0.15) is 23.5 Å². The number of rotatable bonds is 6. The zero-order valence-corrected chi connectivity index (χ0v) is 22.0. The normalized spacial score (nSPS) is 15.4. The molecular formula is C27H22F4N6O3S. The maximum Gasteiger partial charge on any atom is 0.416 e. The second-order valence-corrected chi connectivity index (χ2v) is 11.4. The number of hydrogen-bond acceptors (Lipinski definition) is 7. The Bertz CT molecular complexity index is 1810. The molecule has 1 aliphatic heterocycles. The van der Waals surface area contributed by atoms with Crippen molar-refractivity contribution in [3.63, 3.8) is 0 Å². The van der Waals surface area contributed by atoms with Crippen LogP contribution in [0.2, 0.25) is 0 Å². The van der Waals surface area contributed by atoms with Gasteiger partial charge in [0.25, 0.3) is 0 Å². The SMILES string of the molecule is O=S(=O)(c1cccc(C(F)(F)F)c1)N1CCC(Nc2nccc(-c3c(-c4ccc(F)cc4)nc4occn34)n2)CC1. The van der Waals surface area contributed by atoms with Gasteiger partial charge >= 0.3 is 12.0 Å². The number of halogens is 4. The molecule has 0 saturated carbocycles. The first-order valence-corrected chi connectivity index (χ1v) is 14.0. The molecule has 9 nitrogen and oxygen atoms in total. The second-order valence-electron chi connectivity index (χ2n) is 9.49. The van der Waals surface area contributed by atoms with Gasteiger partial charge < -0.3 is 9.73 Å². The average Bonchev–Trinajstić information content (AvgIpc) is 3.55. The largest absolute Gasteiger partial charge is 0.432 e. The van der Waals surface area contributed by atoms with Gasteiger partial charge in [-0.25, -0.2) is 22.8 Å².